The van der Waals surface area contributed by atoms with E-state index in [1.54, 1.807) is 7.11 Å². The minimum atomic E-state index is -0.0169. The van der Waals surface area contributed by atoms with Crippen molar-refractivity contribution in [2.24, 2.45) is 0 Å². The second kappa shape index (κ2) is 8.08. The third kappa shape index (κ3) is 4.81. The molecule has 0 aliphatic rings. The lowest BCUT2D eigenvalue weighted by Crippen LogP contribution is -2.24. The summed E-state index contributed by atoms with van der Waals surface area (Å²) in [5.41, 5.74) is 2.31. The van der Waals surface area contributed by atoms with Crippen LogP contribution in [0.1, 0.15) is 17.5 Å². The zero-order valence-electron chi connectivity index (χ0n) is 13.0. The van der Waals surface area contributed by atoms with Crippen LogP contribution in [0.3, 0.4) is 0 Å². The van der Waals surface area contributed by atoms with E-state index in [2.05, 4.69) is 5.32 Å². The standard InChI is InChI=1S/C18H21NO3/c1-14-5-3-4-6-15(14)13-19-18(20)11-12-22-17-9-7-16(21-2)8-10-17/h3-10H,11-13H2,1-2H3,(H,19,20). The Morgan fingerprint density at radius 2 is 1.73 bits per heavy atom. The van der Waals surface area contributed by atoms with E-state index in [4.69, 9.17) is 9.47 Å². The molecular weight excluding hydrogens is 278 g/mol. The minimum Gasteiger partial charge on any atom is -0.497 e. The molecule has 116 valence electrons. The van der Waals surface area contributed by atoms with Crippen molar-refractivity contribution in [1.82, 2.24) is 5.32 Å². The van der Waals surface area contributed by atoms with Crippen LogP contribution in [0.4, 0.5) is 0 Å². The highest BCUT2D eigenvalue weighted by Crippen LogP contribution is 2.17. The molecule has 0 spiro atoms. The van der Waals surface area contributed by atoms with E-state index in [0.717, 1.165) is 17.1 Å². The lowest BCUT2D eigenvalue weighted by atomic mass is 10.1. The van der Waals surface area contributed by atoms with Crippen molar-refractivity contribution in [1.29, 1.82) is 0 Å². The first-order valence-corrected chi connectivity index (χ1v) is 7.27. The van der Waals surface area contributed by atoms with Crippen LogP contribution in [0, 0.1) is 6.92 Å². The molecule has 2 aromatic rings. The monoisotopic (exact) mass is 299 g/mol. The molecule has 0 unspecified atom stereocenters. The van der Waals surface area contributed by atoms with E-state index in [0.29, 0.717) is 19.6 Å². The van der Waals surface area contributed by atoms with Crippen molar-refractivity contribution in [3.63, 3.8) is 0 Å². The van der Waals surface area contributed by atoms with Crippen LogP contribution in [0.5, 0.6) is 11.5 Å². The Hall–Kier alpha value is -2.49. The third-order valence-corrected chi connectivity index (χ3v) is 3.39. The molecule has 1 N–H and O–H groups in total. The van der Waals surface area contributed by atoms with Gasteiger partial charge in [-0.15, -0.1) is 0 Å². The van der Waals surface area contributed by atoms with Gasteiger partial charge in [-0.2, -0.15) is 0 Å². The molecule has 2 aromatic carbocycles. The summed E-state index contributed by atoms with van der Waals surface area (Å²) in [5.74, 6) is 1.49. The third-order valence-electron chi connectivity index (χ3n) is 3.39. The molecule has 0 heterocycles. The topological polar surface area (TPSA) is 47.6 Å². The fourth-order valence-electron chi connectivity index (χ4n) is 2.02. The van der Waals surface area contributed by atoms with Gasteiger partial charge >= 0.3 is 0 Å². The predicted molar refractivity (Wildman–Crippen MR) is 86.1 cm³/mol. The number of carbonyl (C=O) groups is 1. The Morgan fingerprint density at radius 3 is 2.41 bits per heavy atom. The molecular formula is C18H21NO3. The number of nitrogens with one attached hydrogen (secondary N) is 1. The van der Waals surface area contributed by atoms with Gasteiger partial charge in [-0.3, -0.25) is 4.79 Å². The summed E-state index contributed by atoms with van der Waals surface area (Å²) in [4.78, 5) is 11.8. The Morgan fingerprint density at radius 1 is 1.05 bits per heavy atom. The number of hydrogen-bond acceptors (Lipinski definition) is 3. The summed E-state index contributed by atoms with van der Waals surface area (Å²) in [5, 5.41) is 2.91. The van der Waals surface area contributed by atoms with Crippen molar-refractivity contribution >= 4 is 5.91 Å². The zero-order chi connectivity index (χ0) is 15.8. The molecule has 0 aliphatic carbocycles. The van der Waals surface area contributed by atoms with Crippen molar-refractivity contribution < 1.29 is 14.3 Å². The van der Waals surface area contributed by atoms with Gasteiger partial charge in [0.25, 0.3) is 0 Å². The number of ether oxygens (including phenoxy) is 2. The Kier molecular flexibility index (Phi) is 5.83. The summed E-state index contributed by atoms with van der Waals surface area (Å²) < 4.78 is 10.6. The number of benzene rings is 2. The van der Waals surface area contributed by atoms with Gasteiger partial charge in [0.05, 0.1) is 20.1 Å². The Labute approximate surface area is 131 Å². The highest BCUT2D eigenvalue weighted by molar-refractivity contribution is 5.76. The van der Waals surface area contributed by atoms with E-state index in [-0.39, 0.29) is 5.91 Å². The van der Waals surface area contributed by atoms with Crippen LogP contribution < -0.4 is 14.8 Å². The van der Waals surface area contributed by atoms with Gasteiger partial charge in [0.2, 0.25) is 5.91 Å². The quantitative estimate of drug-likeness (QED) is 0.854. The first-order chi connectivity index (χ1) is 10.7. The SMILES string of the molecule is COc1ccc(OCCC(=O)NCc2ccccc2C)cc1. The van der Waals surface area contributed by atoms with Crippen molar-refractivity contribution in [3.8, 4) is 11.5 Å². The van der Waals surface area contributed by atoms with Crippen LogP contribution in [-0.4, -0.2) is 19.6 Å². The predicted octanol–water partition coefficient (Wildman–Crippen LogP) is 3.09. The Bertz CT molecular complexity index is 608. The van der Waals surface area contributed by atoms with Crippen molar-refractivity contribution in [2.45, 2.75) is 19.9 Å². The first kappa shape index (κ1) is 15.9. The van der Waals surface area contributed by atoms with Gasteiger partial charge in [-0.25, -0.2) is 0 Å². The highest BCUT2D eigenvalue weighted by Gasteiger charge is 2.03. The average molecular weight is 299 g/mol. The van der Waals surface area contributed by atoms with E-state index < -0.39 is 0 Å². The molecule has 0 saturated carbocycles. The van der Waals surface area contributed by atoms with Crippen molar-refractivity contribution in [3.05, 3.63) is 59.7 Å². The van der Waals surface area contributed by atoms with Crippen LogP contribution >= 0.6 is 0 Å². The van der Waals surface area contributed by atoms with E-state index in [1.807, 2.05) is 55.5 Å². The molecule has 4 nitrogen and oxygen atoms in total. The number of carbonyl (C=O) groups excluding carboxylic acids is 1. The molecule has 1 amide bonds. The van der Waals surface area contributed by atoms with E-state index >= 15 is 0 Å². The van der Waals surface area contributed by atoms with Crippen LogP contribution in [-0.2, 0) is 11.3 Å². The molecule has 4 heteroatoms. The molecule has 0 aliphatic heterocycles. The number of rotatable bonds is 7. The lowest BCUT2D eigenvalue weighted by molar-refractivity contribution is -0.121. The van der Waals surface area contributed by atoms with Gasteiger partial charge in [0.1, 0.15) is 11.5 Å². The number of aryl methyl sites for hydroxylation is 1. The second-order valence-electron chi connectivity index (χ2n) is 4.98. The van der Waals surface area contributed by atoms with Crippen molar-refractivity contribution in [2.75, 3.05) is 13.7 Å². The summed E-state index contributed by atoms with van der Waals surface area (Å²) in [6, 6.07) is 15.3. The average Bonchev–Trinajstić information content (AvgIpc) is 2.55. The zero-order valence-corrected chi connectivity index (χ0v) is 13.0. The fraction of sp³-hybridized carbons (Fsp3) is 0.278. The van der Waals surface area contributed by atoms with Crippen LogP contribution in [0.15, 0.2) is 48.5 Å². The first-order valence-electron chi connectivity index (χ1n) is 7.27. The second-order valence-corrected chi connectivity index (χ2v) is 4.98. The van der Waals surface area contributed by atoms with Gasteiger partial charge in [-0.1, -0.05) is 24.3 Å². The smallest absolute Gasteiger partial charge is 0.223 e. The van der Waals surface area contributed by atoms with Gasteiger partial charge in [0, 0.05) is 6.54 Å². The van der Waals surface area contributed by atoms with Gasteiger partial charge in [-0.05, 0) is 42.3 Å². The summed E-state index contributed by atoms with van der Waals surface area (Å²) in [7, 11) is 1.62. The normalized spacial score (nSPS) is 10.1. The molecule has 0 bridgehead atoms. The molecule has 0 atom stereocenters. The lowest BCUT2D eigenvalue weighted by Gasteiger charge is -2.09. The van der Waals surface area contributed by atoms with Gasteiger partial charge in [0.15, 0.2) is 0 Å². The number of hydrogen-bond donors (Lipinski definition) is 1. The molecule has 0 aromatic heterocycles. The van der Waals surface area contributed by atoms with E-state index in [9.17, 15) is 4.79 Å². The number of amides is 1. The summed E-state index contributed by atoms with van der Waals surface area (Å²) in [6.07, 6.45) is 0.331. The molecule has 0 saturated heterocycles. The maximum absolute atomic E-state index is 11.8. The molecule has 2 rings (SSSR count). The maximum Gasteiger partial charge on any atom is 0.223 e. The van der Waals surface area contributed by atoms with Crippen LogP contribution in [0.2, 0.25) is 0 Å². The Balaban J connectivity index is 1.70. The molecule has 22 heavy (non-hydrogen) atoms. The van der Waals surface area contributed by atoms with Gasteiger partial charge < -0.3 is 14.8 Å². The number of methoxy groups -OCH3 is 1. The van der Waals surface area contributed by atoms with Crippen LogP contribution in [0.25, 0.3) is 0 Å². The van der Waals surface area contributed by atoms with E-state index in [1.165, 1.54) is 5.56 Å². The highest BCUT2D eigenvalue weighted by atomic mass is 16.5. The summed E-state index contributed by atoms with van der Waals surface area (Å²) >= 11 is 0. The largest absolute Gasteiger partial charge is 0.497 e. The molecule has 0 radical (unpaired) electrons. The maximum atomic E-state index is 11.8. The summed E-state index contributed by atoms with van der Waals surface area (Å²) in [6.45, 7) is 2.94. The molecule has 0 fully saturated rings. The fourth-order valence-corrected chi connectivity index (χ4v) is 2.02. The minimum absolute atomic E-state index is 0.0169.